The number of hydrogen-bond acceptors (Lipinski definition) is 5. The first-order valence-corrected chi connectivity index (χ1v) is 5.74. The smallest absolute Gasteiger partial charge is 0.209 e. The maximum absolute atomic E-state index is 3.97. The molecule has 1 fully saturated rings. The van der Waals surface area contributed by atoms with E-state index < -0.39 is 0 Å². The lowest BCUT2D eigenvalue weighted by atomic mass is 10.3. The Morgan fingerprint density at radius 2 is 2.36 bits per heavy atom. The highest BCUT2D eigenvalue weighted by atomic mass is 32.2. The standard InChI is InChI=1S/C8H15N5S/c1-9-6-3-4-7(5-6)14-8-10-11-12-13(8)2/h6-7,9H,3-5H2,1-2H3. The topological polar surface area (TPSA) is 55.6 Å². The molecule has 1 aliphatic carbocycles. The van der Waals surface area contributed by atoms with Gasteiger partial charge in [-0.15, -0.1) is 5.10 Å². The zero-order chi connectivity index (χ0) is 9.97. The predicted octanol–water partition coefficient (Wildman–Crippen LogP) is 0.443. The Labute approximate surface area is 87.6 Å². The molecule has 78 valence electrons. The van der Waals surface area contributed by atoms with Gasteiger partial charge in [-0.1, -0.05) is 11.8 Å². The summed E-state index contributed by atoms with van der Waals surface area (Å²) in [6.45, 7) is 0. The highest BCUT2D eigenvalue weighted by molar-refractivity contribution is 7.99. The minimum atomic E-state index is 0.664. The van der Waals surface area contributed by atoms with Crippen LogP contribution in [0.25, 0.3) is 0 Å². The van der Waals surface area contributed by atoms with Crippen LogP contribution < -0.4 is 5.32 Å². The van der Waals surface area contributed by atoms with Gasteiger partial charge in [0, 0.05) is 18.3 Å². The number of rotatable bonds is 3. The third kappa shape index (κ3) is 2.06. The fourth-order valence-corrected chi connectivity index (χ4v) is 2.93. The van der Waals surface area contributed by atoms with Crippen LogP contribution in [-0.4, -0.2) is 38.5 Å². The van der Waals surface area contributed by atoms with E-state index >= 15 is 0 Å². The molecule has 2 rings (SSSR count). The molecule has 5 nitrogen and oxygen atoms in total. The first-order valence-electron chi connectivity index (χ1n) is 4.86. The molecule has 0 amide bonds. The second-order valence-corrected chi connectivity index (χ2v) is 4.89. The average molecular weight is 213 g/mol. The van der Waals surface area contributed by atoms with Crippen molar-refractivity contribution in [2.45, 2.75) is 35.7 Å². The van der Waals surface area contributed by atoms with Crippen LogP contribution in [0.4, 0.5) is 0 Å². The summed E-state index contributed by atoms with van der Waals surface area (Å²) in [5.74, 6) is 0. The average Bonchev–Trinajstić information content (AvgIpc) is 2.77. The van der Waals surface area contributed by atoms with Crippen LogP contribution in [0.1, 0.15) is 19.3 Å². The minimum absolute atomic E-state index is 0.664. The summed E-state index contributed by atoms with van der Waals surface area (Å²) in [5, 5.41) is 16.3. The molecule has 0 radical (unpaired) electrons. The summed E-state index contributed by atoms with van der Waals surface area (Å²) in [6.07, 6.45) is 3.73. The van der Waals surface area contributed by atoms with E-state index in [-0.39, 0.29) is 0 Å². The normalized spacial score (nSPS) is 27.0. The van der Waals surface area contributed by atoms with Crippen LogP contribution in [0, 0.1) is 0 Å². The lowest BCUT2D eigenvalue weighted by molar-refractivity contribution is 0.583. The molecule has 0 bridgehead atoms. The van der Waals surface area contributed by atoms with Crippen molar-refractivity contribution in [1.29, 1.82) is 0 Å². The quantitative estimate of drug-likeness (QED) is 0.789. The lowest BCUT2D eigenvalue weighted by Crippen LogP contribution is -2.21. The number of nitrogens with zero attached hydrogens (tertiary/aromatic N) is 4. The van der Waals surface area contributed by atoms with Gasteiger partial charge in [0.05, 0.1) is 0 Å². The van der Waals surface area contributed by atoms with Crippen molar-refractivity contribution >= 4 is 11.8 Å². The van der Waals surface area contributed by atoms with Crippen molar-refractivity contribution in [1.82, 2.24) is 25.5 Å². The Morgan fingerprint density at radius 1 is 1.50 bits per heavy atom. The summed E-state index contributed by atoms with van der Waals surface area (Å²) < 4.78 is 1.73. The van der Waals surface area contributed by atoms with E-state index in [0.717, 1.165) is 5.16 Å². The second kappa shape index (κ2) is 4.27. The molecule has 0 saturated heterocycles. The van der Waals surface area contributed by atoms with Crippen molar-refractivity contribution < 1.29 is 0 Å². The van der Waals surface area contributed by atoms with E-state index in [1.807, 2.05) is 14.1 Å². The molecular weight excluding hydrogens is 198 g/mol. The molecule has 1 N–H and O–H groups in total. The summed E-state index contributed by atoms with van der Waals surface area (Å²) in [4.78, 5) is 0. The van der Waals surface area contributed by atoms with Gasteiger partial charge in [0.2, 0.25) is 5.16 Å². The molecule has 14 heavy (non-hydrogen) atoms. The van der Waals surface area contributed by atoms with Gasteiger partial charge in [-0.3, -0.25) is 0 Å². The molecule has 1 aromatic rings. The molecule has 6 heteroatoms. The third-order valence-electron chi connectivity index (χ3n) is 2.65. The summed E-state index contributed by atoms with van der Waals surface area (Å²) >= 11 is 1.79. The van der Waals surface area contributed by atoms with E-state index in [1.165, 1.54) is 19.3 Å². The fourth-order valence-electron chi connectivity index (χ4n) is 1.78. The van der Waals surface area contributed by atoms with E-state index in [9.17, 15) is 0 Å². The maximum Gasteiger partial charge on any atom is 0.209 e. The first kappa shape index (κ1) is 9.92. The lowest BCUT2D eigenvalue weighted by Gasteiger charge is -2.08. The highest BCUT2D eigenvalue weighted by Gasteiger charge is 2.25. The van der Waals surface area contributed by atoms with Crippen LogP contribution in [0.5, 0.6) is 0 Å². The summed E-state index contributed by atoms with van der Waals surface area (Å²) in [6, 6.07) is 0.675. The Kier molecular flexibility index (Phi) is 3.02. The summed E-state index contributed by atoms with van der Waals surface area (Å²) in [7, 11) is 3.91. The SMILES string of the molecule is CNC1CCC(Sc2nnnn2C)C1. The molecule has 1 heterocycles. The molecule has 1 aromatic heterocycles. The van der Waals surface area contributed by atoms with Crippen molar-refractivity contribution in [2.75, 3.05) is 7.05 Å². The van der Waals surface area contributed by atoms with Crippen molar-refractivity contribution in [3.05, 3.63) is 0 Å². The van der Waals surface area contributed by atoms with Gasteiger partial charge >= 0.3 is 0 Å². The number of thioether (sulfide) groups is 1. The number of aryl methyl sites for hydroxylation is 1. The third-order valence-corrected chi connectivity index (χ3v) is 3.96. The Balaban J connectivity index is 1.90. The number of hydrogen-bond donors (Lipinski definition) is 1. The monoisotopic (exact) mass is 213 g/mol. The van der Waals surface area contributed by atoms with Crippen LogP contribution in [0.15, 0.2) is 5.16 Å². The number of tetrazole rings is 1. The second-order valence-electron chi connectivity index (χ2n) is 3.62. The molecule has 1 saturated carbocycles. The van der Waals surface area contributed by atoms with Gasteiger partial charge < -0.3 is 5.32 Å². The van der Waals surface area contributed by atoms with E-state index in [4.69, 9.17) is 0 Å². The Bertz CT molecular complexity index is 300. The molecular formula is C8H15N5S. The van der Waals surface area contributed by atoms with Gasteiger partial charge in [0.25, 0.3) is 0 Å². The minimum Gasteiger partial charge on any atom is -0.317 e. The zero-order valence-electron chi connectivity index (χ0n) is 8.47. The predicted molar refractivity (Wildman–Crippen MR) is 55.1 cm³/mol. The first-order chi connectivity index (χ1) is 6.79. The van der Waals surface area contributed by atoms with Gasteiger partial charge in [0.1, 0.15) is 0 Å². The molecule has 0 aromatic carbocycles. The van der Waals surface area contributed by atoms with E-state index in [1.54, 1.807) is 16.4 Å². The zero-order valence-corrected chi connectivity index (χ0v) is 9.29. The Hall–Kier alpha value is -0.620. The van der Waals surface area contributed by atoms with Crippen LogP contribution in [-0.2, 0) is 7.05 Å². The summed E-state index contributed by atoms with van der Waals surface area (Å²) in [5.41, 5.74) is 0. The van der Waals surface area contributed by atoms with Crippen molar-refractivity contribution in [3.63, 3.8) is 0 Å². The van der Waals surface area contributed by atoms with Gasteiger partial charge in [-0.2, -0.15) is 0 Å². The fraction of sp³-hybridized carbons (Fsp3) is 0.875. The van der Waals surface area contributed by atoms with E-state index in [2.05, 4.69) is 20.8 Å². The van der Waals surface area contributed by atoms with Gasteiger partial charge in [0.15, 0.2) is 0 Å². The van der Waals surface area contributed by atoms with Gasteiger partial charge in [-0.25, -0.2) is 4.68 Å². The van der Waals surface area contributed by atoms with Crippen LogP contribution in [0.3, 0.4) is 0 Å². The van der Waals surface area contributed by atoms with Crippen LogP contribution >= 0.6 is 11.8 Å². The van der Waals surface area contributed by atoms with Crippen LogP contribution in [0.2, 0.25) is 0 Å². The molecule has 0 aliphatic heterocycles. The largest absolute Gasteiger partial charge is 0.317 e. The van der Waals surface area contributed by atoms with Crippen molar-refractivity contribution in [2.24, 2.45) is 7.05 Å². The van der Waals surface area contributed by atoms with Crippen molar-refractivity contribution in [3.8, 4) is 0 Å². The molecule has 1 aliphatic rings. The number of aromatic nitrogens is 4. The highest BCUT2D eigenvalue weighted by Crippen LogP contribution is 2.33. The molecule has 2 atom stereocenters. The van der Waals surface area contributed by atoms with E-state index in [0.29, 0.717) is 11.3 Å². The molecule has 0 spiro atoms. The van der Waals surface area contributed by atoms with Gasteiger partial charge in [-0.05, 0) is 36.7 Å². The molecule has 2 unspecified atom stereocenters. The Morgan fingerprint density at radius 3 is 2.93 bits per heavy atom. The maximum atomic E-state index is 3.97. The number of nitrogens with one attached hydrogen (secondary N) is 1.